The third-order valence-corrected chi connectivity index (χ3v) is 3.03. The third kappa shape index (κ3) is 3.13. The van der Waals surface area contributed by atoms with Crippen molar-refractivity contribution in [3.05, 3.63) is 59.9 Å². The summed E-state index contributed by atoms with van der Waals surface area (Å²) in [7, 11) is 0. The molecule has 2 heterocycles. The summed E-state index contributed by atoms with van der Waals surface area (Å²) in [4.78, 5) is 7.22. The van der Waals surface area contributed by atoms with Gasteiger partial charge in [-0.15, -0.1) is 0 Å². The van der Waals surface area contributed by atoms with Gasteiger partial charge in [-0.05, 0) is 42.7 Å². The van der Waals surface area contributed by atoms with Crippen molar-refractivity contribution in [2.45, 2.75) is 20.3 Å². The second-order valence-electron chi connectivity index (χ2n) is 4.35. The molecule has 3 heteroatoms. The number of hydrogen-bond donors (Lipinski definition) is 2. The number of hydrogen-bond acceptors (Lipinski definition) is 2. The summed E-state index contributed by atoms with van der Waals surface area (Å²) in [5, 5.41) is 10.3. The van der Waals surface area contributed by atoms with Gasteiger partial charge in [0.05, 0.1) is 0 Å². The summed E-state index contributed by atoms with van der Waals surface area (Å²) in [6.45, 7) is 4.09. The molecule has 0 saturated carbocycles. The number of H-pyrrole nitrogens is 1. The smallest absolute Gasteiger partial charge is 0.137 e. The molecule has 0 radical (unpaired) electrons. The van der Waals surface area contributed by atoms with Crippen LogP contribution in [0.1, 0.15) is 18.1 Å². The van der Waals surface area contributed by atoms with Gasteiger partial charge >= 0.3 is 0 Å². The molecule has 0 atom stereocenters. The summed E-state index contributed by atoms with van der Waals surface area (Å²) in [6, 6.07) is 11.4. The van der Waals surface area contributed by atoms with Crippen LogP contribution in [-0.2, 0) is 6.42 Å². The molecule has 0 fully saturated rings. The lowest BCUT2D eigenvalue weighted by Crippen LogP contribution is -1.77. The van der Waals surface area contributed by atoms with Crippen LogP contribution in [0, 0.1) is 6.92 Å². The Morgan fingerprint density at radius 1 is 1.16 bits per heavy atom. The Kier molecular flexibility index (Phi) is 4.18. The number of benzene rings is 1. The minimum atomic E-state index is 0.403. The van der Waals surface area contributed by atoms with E-state index in [2.05, 4.69) is 23.0 Å². The van der Waals surface area contributed by atoms with Crippen molar-refractivity contribution in [3.63, 3.8) is 0 Å². The molecule has 3 nitrogen and oxygen atoms in total. The molecule has 2 N–H and O–H groups in total. The van der Waals surface area contributed by atoms with Gasteiger partial charge < -0.3 is 10.1 Å². The fourth-order valence-corrected chi connectivity index (χ4v) is 1.90. The number of para-hydroxylation sites is 1. The van der Waals surface area contributed by atoms with Crippen LogP contribution in [0.5, 0.6) is 5.75 Å². The lowest BCUT2D eigenvalue weighted by atomic mass is 10.1. The molecule has 0 bridgehead atoms. The maximum Gasteiger partial charge on any atom is 0.137 e. The number of nitrogens with zero attached hydrogens (tertiary/aromatic N) is 1. The average molecular weight is 254 g/mol. The molecule has 3 rings (SSSR count). The number of fused-ring (bicyclic) bond motifs is 1. The van der Waals surface area contributed by atoms with Crippen LogP contribution in [0.25, 0.3) is 11.0 Å². The first kappa shape index (κ1) is 13.1. The molecular formula is C16H18N2O. The van der Waals surface area contributed by atoms with Crippen molar-refractivity contribution >= 4 is 11.0 Å². The molecule has 19 heavy (non-hydrogen) atoms. The summed E-state index contributed by atoms with van der Waals surface area (Å²) in [5.74, 6) is 0.403. The molecule has 98 valence electrons. The number of aromatic hydroxyl groups is 1. The van der Waals surface area contributed by atoms with E-state index < -0.39 is 0 Å². The Labute approximate surface area is 112 Å². The molecule has 1 aromatic carbocycles. The summed E-state index contributed by atoms with van der Waals surface area (Å²) < 4.78 is 0. The van der Waals surface area contributed by atoms with E-state index in [1.807, 2.05) is 37.4 Å². The largest absolute Gasteiger partial charge is 0.508 e. The number of aromatic nitrogens is 2. The van der Waals surface area contributed by atoms with Gasteiger partial charge in [-0.1, -0.05) is 25.1 Å². The Morgan fingerprint density at radius 3 is 2.58 bits per heavy atom. The quantitative estimate of drug-likeness (QED) is 0.693. The predicted molar refractivity (Wildman–Crippen MR) is 78.3 cm³/mol. The van der Waals surface area contributed by atoms with Crippen LogP contribution in [-0.4, -0.2) is 15.1 Å². The molecule has 0 amide bonds. The molecule has 3 aromatic rings. The monoisotopic (exact) mass is 254 g/mol. The second-order valence-corrected chi connectivity index (χ2v) is 4.35. The number of aromatic amines is 1. The number of phenolic OH excluding ortho intramolecular Hbond substituents is 1. The average Bonchev–Trinajstić information content (AvgIpc) is 2.82. The fourth-order valence-electron chi connectivity index (χ4n) is 1.90. The molecule has 0 spiro atoms. The van der Waals surface area contributed by atoms with Gasteiger partial charge in [0.1, 0.15) is 11.4 Å². The van der Waals surface area contributed by atoms with Crippen LogP contribution in [0.4, 0.5) is 0 Å². The van der Waals surface area contributed by atoms with Crippen molar-refractivity contribution < 1.29 is 5.11 Å². The molecule has 0 saturated heterocycles. The zero-order valence-corrected chi connectivity index (χ0v) is 11.2. The van der Waals surface area contributed by atoms with E-state index in [-0.39, 0.29) is 0 Å². The van der Waals surface area contributed by atoms with E-state index in [1.54, 1.807) is 12.3 Å². The second kappa shape index (κ2) is 6.05. The Bertz CT molecular complexity index is 658. The van der Waals surface area contributed by atoms with E-state index in [0.29, 0.717) is 5.75 Å². The predicted octanol–water partition coefficient (Wildman–Crippen LogP) is 3.83. The molecule has 0 aliphatic rings. The van der Waals surface area contributed by atoms with E-state index in [9.17, 15) is 0 Å². The highest BCUT2D eigenvalue weighted by Gasteiger charge is 1.96. The maximum absolute atomic E-state index is 9.11. The number of nitrogens with one attached hydrogen (secondary N) is 1. The molecule has 0 unspecified atom stereocenters. The topological polar surface area (TPSA) is 48.9 Å². The highest BCUT2D eigenvalue weighted by Crippen LogP contribution is 2.15. The highest BCUT2D eigenvalue weighted by atomic mass is 16.3. The van der Waals surface area contributed by atoms with Crippen LogP contribution >= 0.6 is 0 Å². The lowest BCUT2D eigenvalue weighted by molar-refractivity contribution is 0.469. The van der Waals surface area contributed by atoms with Crippen molar-refractivity contribution in [2.24, 2.45) is 0 Å². The standard InChI is InChI=1S/C8H8N2.C8H10O/c1-6-5-10-8-7(6)3-2-4-9-8;1-2-7-5-3-4-6-8(7)9/h2-5H,1H3,(H,9,10);3-6,9H,2H2,1H3. The lowest BCUT2D eigenvalue weighted by Gasteiger charge is -1.97. The minimum absolute atomic E-state index is 0.403. The van der Waals surface area contributed by atoms with Gasteiger partial charge in [-0.2, -0.15) is 0 Å². The number of phenols is 1. The summed E-state index contributed by atoms with van der Waals surface area (Å²) in [5.41, 5.74) is 3.24. The molecule has 2 aromatic heterocycles. The van der Waals surface area contributed by atoms with E-state index in [1.165, 1.54) is 10.9 Å². The zero-order chi connectivity index (χ0) is 13.7. The molecule has 0 aliphatic heterocycles. The first-order chi connectivity index (χ1) is 9.22. The van der Waals surface area contributed by atoms with E-state index >= 15 is 0 Å². The third-order valence-electron chi connectivity index (χ3n) is 3.03. The van der Waals surface area contributed by atoms with Crippen molar-refractivity contribution in [2.75, 3.05) is 0 Å². The fraction of sp³-hybridized carbons (Fsp3) is 0.188. The highest BCUT2D eigenvalue weighted by molar-refractivity contribution is 5.78. The van der Waals surface area contributed by atoms with Gasteiger partial charge in [0.15, 0.2) is 0 Å². The maximum atomic E-state index is 9.11. The van der Waals surface area contributed by atoms with E-state index in [4.69, 9.17) is 5.11 Å². The molecular weight excluding hydrogens is 236 g/mol. The Balaban J connectivity index is 0.000000141. The Hall–Kier alpha value is -2.29. The van der Waals surface area contributed by atoms with E-state index in [0.717, 1.165) is 17.6 Å². The van der Waals surface area contributed by atoms with Gasteiger partial charge in [0.2, 0.25) is 0 Å². The van der Waals surface area contributed by atoms with Gasteiger partial charge in [-0.25, -0.2) is 4.98 Å². The number of aryl methyl sites for hydroxylation is 2. The summed E-state index contributed by atoms with van der Waals surface area (Å²) >= 11 is 0. The number of rotatable bonds is 1. The van der Waals surface area contributed by atoms with Crippen LogP contribution in [0.2, 0.25) is 0 Å². The normalized spacial score (nSPS) is 10.0. The minimum Gasteiger partial charge on any atom is -0.508 e. The first-order valence-electron chi connectivity index (χ1n) is 6.38. The first-order valence-corrected chi connectivity index (χ1v) is 6.38. The SMILES string of the molecule is CCc1ccccc1O.Cc1c[nH]c2ncccc12. The number of pyridine rings is 1. The molecule has 0 aliphatic carbocycles. The van der Waals surface area contributed by atoms with Gasteiger partial charge in [0, 0.05) is 17.8 Å². The van der Waals surface area contributed by atoms with Crippen LogP contribution in [0.15, 0.2) is 48.8 Å². The van der Waals surface area contributed by atoms with Gasteiger partial charge in [0.25, 0.3) is 0 Å². The van der Waals surface area contributed by atoms with Crippen molar-refractivity contribution in [1.29, 1.82) is 0 Å². The Morgan fingerprint density at radius 2 is 1.95 bits per heavy atom. The van der Waals surface area contributed by atoms with Crippen molar-refractivity contribution in [3.8, 4) is 5.75 Å². The van der Waals surface area contributed by atoms with Crippen LogP contribution in [0.3, 0.4) is 0 Å². The van der Waals surface area contributed by atoms with Gasteiger partial charge in [-0.3, -0.25) is 0 Å². The summed E-state index contributed by atoms with van der Waals surface area (Å²) in [6.07, 6.45) is 4.66. The van der Waals surface area contributed by atoms with Crippen LogP contribution < -0.4 is 0 Å². The van der Waals surface area contributed by atoms with Crippen molar-refractivity contribution in [1.82, 2.24) is 9.97 Å². The zero-order valence-electron chi connectivity index (χ0n) is 11.2.